The van der Waals surface area contributed by atoms with E-state index >= 15 is 0 Å². The van der Waals surface area contributed by atoms with E-state index in [-0.39, 0.29) is 23.7 Å². The van der Waals surface area contributed by atoms with Crippen molar-refractivity contribution in [3.05, 3.63) is 63.2 Å². The molecule has 0 saturated carbocycles. The van der Waals surface area contributed by atoms with Crippen LogP contribution in [0.25, 0.3) is 22.2 Å². The van der Waals surface area contributed by atoms with Crippen molar-refractivity contribution in [3.8, 4) is 11.1 Å². The fraction of sp³-hybridized carbons (Fsp3) is 0.238. The van der Waals surface area contributed by atoms with Gasteiger partial charge in [-0.2, -0.15) is 5.10 Å². The van der Waals surface area contributed by atoms with Crippen molar-refractivity contribution in [2.45, 2.75) is 31.3 Å². The maximum atomic E-state index is 13.1. The third kappa shape index (κ3) is 3.02. The maximum absolute atomic E-state index is 13.1. The van der Waals surface area contributed by atoms with Gasteiger partial charge in [-0.15, -0.1) is 0 Å². The van der Waals surface area contributed by atoms with Crippen LogP contribution in [-0.4, -0.2) is 42.5 Å². The Bertz CT molecular complexity index is 1430. The summed E-state index contributed by atoms with van der Waals surface area (Å²) in [6, 6.07) is 8.25. The molecule has 2 atom stereocenters. The average molecular weight is 450 g/mol. The van der Waals surface area contributed by atoms with Gasteiger partial charge in [0.05, 0.1) is 16.8 Å². The monoisotopic (exact) mass is 449 g/mol. The van der Waals surface area contributed by atoms with E-state index in [2.05, 4.69) is 30.8 Å². The molecule has 11 heteroatoms. The number of amides is 2. The Kier molecular flexibility index (Phi) is 4.22. The first-order valence-corrected chi connectivity index (χ1v) is 10.5. The van der Waals surface area contributed by atoms with Crippen LogP contribution < -0.4 is 10.9 Å². The molecule has 6 rings (SSSR count). The average Bonchev–Trinajstić information content (AvgIpc) is 3.37. The predicted molar refractivity (Wildman–Crippen MR) is 115 cm³/mol. The highest BCUT2D eigenvalue weighted by atomic mass is 35.5. The first-order chi connectivity index (χ1) is 15.6. The Morgan fingerprint density at radius 3 is 2.94 bits per heavy atom. The van der Waals surface area contributed by atoms with Crippen LogP contribution in [0.1, 0.15) is 30.1 Å². The number of carbonyl (C=O) groups excluding carboxylic acids is 1. The predicted octanol–water partition coefficient (Wildman–Crippen LogP) is 3.32. The lowest BCUT2D eigenvalue weighted by Gasteiger charge is -2.35. The first kappa shape index (κ1) is 18.9. The number of nitrogens with zero attached hydrogens (tertiary/aromatic N) is 5. The molecule has 2 N–H and O–H groups in total. The van der Waals surface area contributed by atoms with Crippen molar-refractivity contribution in [2.75, 3.05) is 5.32 Å². The molecule has 2 aliphatic rings. The Hall–Kier alpha value is -3.79. The van der Waals surface area contributed by atoms with Crippen molar-refractivity contribution in [2.24, 2.45) is 0 Å². The van der Waals surface area contributed by atoms with Gasteiger partial charge in [0.15, 0.2) is 0 Å². The number of aromatic amines is 1. The summed E-state index contributed by atoms with van der Waals surface area (Å²) in [5, 5.41) is 17.6. The number of nitrogens with one attached hydrogen (secondary N) is 2. The van der Waals surface area contributed by atoms with E-state index in [0.717, 1.165) is 29.7 Å². The molecule has 4 aromatic rings. The van der Waals surface area contributed by atoms with Crippen LogP contribution in [0.4, 0.5) is 10.6 Å². The van der Waals surface area contributed by atoms with Crippen LogP contribution in [-0.2, 0) is 6.42 Å². The summed E-state index contributed by atoms with van der Waals surface area (Å²) in [6.45, 7) is 0. The zero-order valence-electron chi connectivity index (χ0n) is 16.6. The second-order valence-electron chi connectivity index (χ2n) is 7.95. The van der Waals surface area contributed by atoms with E-state index in [1.807, 2.05) is 12.1 Å². The number of carbonyl (C=O) groups is 1. The fourth-order valence-corrected chi connectivity index (χ4v) is 4.91. The van der Waals surface area contributed by atoms with Gasteiger partial charge in [-0.1, -0.05) is 17.7 Å². The lowest BCUT2D eigenvalue weighted by atomic mass is 9.99. The maximum Gasteiger partial charge on any atom is 0.323 e. The van der Waals surface area contributed by atoms with Crippen molar-refractivity contribution in [3.63, 3.8) is 0 Å². The van der Waals surface area contributed by atoms with Gasteiger partial charge in [0.25, 0.3) is 5.56 Å². The van der Waals surface area contributed by atoms with E-state index in [9.17, 15) is 9.59 Å². The summed E-state index contributed by atoms with van der Waals surface area (Å²) in [5.41, 5.74) is 4.23. The summed E-state index contributed by atoms with van der Waals surface area (Å²) in [4.78, 5) is 30.9. The number of halogens is 1. The highest BCUT2D eigenvalue weighted by Gasteiger charge is 2.43. The molecule has 0 spiro atoms. The molecular weight excluding hydrogens is 434 g/mol. The number of hydrogen-bond acceptors (Lipinski definition) is 7. The molecule has 2 bridgehead atoms. The van der Waals surface area contributed by atoms with Crippen LogP contribution in [0.2, 0.25) is 5.02 Å². The minimum absolute atomic E-state index is 0.0219. The van der Waals surface area contributed by atoms with Gasteiger partial charge < -0.3 is 4.90 Å². The fourth-order valence-electron chi connectivity index (χ4n) is 4.65. The van der Waals surface area contributed by atoms with Gasteiger partial charge in [0, 0.05) is 29.9 Å². The second kappa shape index (κ2) is 7.13. The van der Waals surface area contributed by atoms with Gasteiger partial charge in [-0.25, -0.2) is 19.5 Å². The number of aromatic nitrogens is 5. The van der Waals surface area contributed by atoms with Gasteiger partial charge in [-0.05, 0) is 52.8 Å². The highest BCUT2D eigenvalue weighted by molar-refractivity contribution is 6.33. The third-order valence-corrected chi connectivity index (χ3v) is 6.40. The minimum Gasteiger partial charge on any atom is -0.312 e. The molecule has 0 unspecified atom stereocenters. The molecule has 1 saturated heterocycles. The summed E-state index contributed by atoms with van der Waals surface area (Å²) >= 11 is 6.50. The summed E-state index contributed by atoms with van der Waals surface area (Å²) in [7, 11) is 0. The first-order valence-electron chi connectivity index (χ1n) is 10.1. The summed E-state index contributed by atoms with van der Waals surface area (Å²) < 4.78 is 4.73. The van der Waals surface area contributed by atoms with Crippen LogP contribution in [0.5, 0.6) is 0 Å². The molecule has 1 aromatic carbocycles. The summed E-state index contributed by atoms with van der Waals surface area (Å²) in [6.07, 6.45) is 3.88. The molecule has 2 aliphatic heterocycles. The molecule has 0 aliphatic carbocycles. The van der Waals surface area contributed by atoms with Gasteiger partial charge >= 0.3 is 6.03 Å². The van der Waals surface area contributed by atoms with Gasteiger partial charge in [0.2, 0.25) is 0 Å². The van der Waals surface area contributed by atoms with Crippen LogP contribution in [0.15, 0.2) is 46.0 Å². The number of benzene rings is 1. The number of fused-ring (bicyclic) bond motifs is 5. The highest BCUT2D eigenvalue weighted by Crippen LogP contribution is 2.42. The molecule has 0 radical (unpaired) electrons. The van der Waals surface area contributed by atoms with Gasteiger partial charge in [-0.3, -0.25) is 10.1 Å². The molecule has 10 nitrogen and oxygen atoms in total. The van der Waals surface area contributed by atoms with E-state index in [4.69, 9.17) is 16.2 Å². The normalized spacial score (nSPS) is 19.2. The Labute approximate surface area is 185 Å². The van der Waals surface area contributed by atoms with E-state index in [0.29, 0.717) is 33.9 Å². The van der Waals surface area contributed by atoms with Crippen molar-refractivity contribution in [1.29, 1.82) is 0 Å². The second-order valence-corrected chi connectivity index (χ2v) is 8.36. The zero-order valence-corrected chi connectivity index (χ0v) is 17.3. The Morgan fingerprint density at radius 2 is 2.06 bits per heavy atom. The molecule has 5 heterocycles. The standard InChI is InChI=1S/C21H16ClN7O3/c22-14-8-18(23-9-13(14)10-1-3-15-16(6-10)28-32-27-15)24-21(31)29-12-2-4-17(29)20-11(5-12)7-19(30)25-26-20/h1,3,6-9,12,17H,2,4-5H2,(H,25,30)(H,23,24,31)/t12-,17+/m0/s1. The van der Waals surface area contributed by atoms with Crippen LogP contribution in [0.3, 0.4) is 0 Å². The molecule has 160 valence electrons. The smallest absolute Gasteiger partial charge is 0.312 e. The molecule has 2 amide bonds. The molecular formula is C21H16ClN7O3. The third-order valence-electron chi connectivity index (χ3n) is 6.08. The number of rotatable bonds is 2. The lowest BCUT2D eigenvalue weighted by Crippen LogP contribution is -2.45. The number of hydrogen-bond donors (Lipinski definition) is 2. The molecule has 1 fully saturated rings. The van der Waals surface area contributed by atoms with E-state index in [1.165, 1.54) is 0 Å². The van der Waals surface area contributed by atoms with Crippen molar-refractivity contribution in [1.82, 2.24) is 30.4 Å². The van der Waals surface area contributed by atoms with Crippen molar-refractivity contribution < 1.29 is 9.42 Å². The zero-order chi connectivity index (χ0) is 21.8. The van der Waals surface area contributed by atoms with E-state index in [1.54, 1.807) is 29.3 Å². The summed E-state index contributed by atoms with van der Waals surface area (Å²) in [5.74, 6) is 0.354. The quantitative estimate of drug-likeness (QED) is 0.480. The Morgan fingerprint density at radius 1 is 1.19 bits per heavy atom. The van der Waals surface area contributed by atoms with Gasteiger partial charge in [0.1, 0.15) is 16.9 Å². The van der Waals surface area contributed by atoms with E-state index < -0.39 is 0 Å². The van der Waals surface area contributed by atoms with Crippen LogP contribution in [0, 0.1) is 0 Å². The number of pyridine rings is 1. The largest absolute Gasteiger partial charge is 0.323 e. The number of urea groups is 1. The molecule has 3 aromatic heterocycles. The Balaban J connectivity index is 1.25. The molecule has 32 heavy (non-hydrogen) atoms. The number of anilines is 1. The topological polar surface area (TPSA) is 130 Å². The number of H-pyrrole nitrogens is 1. The minimum atomic E-state index is -0.262. The SMILES string of the molecule is O=C(Nc1cc(Cl)c(-c2ccc3nonc3c2)cn1)N1[C@H]2CC[C@@H]1c1n[nH]c(=O)cc1C2. The van der Waals surface area contributed by atoms with Crippen LogP contribution >= 0.6 is 11.6 Å². The lowest BCUT2D eigenvalue weighted by molar-refractivity contribution is 0.177. The van der Waals surface area contributed by atoms with Crippen molar-refractivity contribution >= 4 is 34.5 Å².